The smallest absolute Gasteiger partial charge is 0.129 e. The van der Waals surface area contributed by atoms with Crippen molar-refractivity contribution in [1.82, 2.24) is 4.98 Å². The fraction of sp³-hybridized carbons (Fsp3) is 0.250. The van der Waals surface area contributed by atoms with E-state index >= 15 is 0 Å². The molecule has 0 aliphatic carbocycles. The Morgan fingerprint density at radius 2 is 2.00 bits per heavy atom. The molecule has 0 amide bonds. The van der Waals surface area contributed by atoms with Crippen LogP contribution in [-0.2, 0) is 0 Å². The first-order chi connectivity index (χ1) is 7.61. The predicted molar refractivity (Wildman–Crippen MR) is 76.0 cm³/mol. The number of nitrogens with one attached hydrogen (secondary N) is 1. The number of fused-ring (bicyclic) bond motifs is 1. The Labute approximate surface area is 112 Å². The molecule has 0 bridgehead atoms. The van der Waals surface area contributed by atoms with Crippen molar-refractivity contribution in [2.75, 3.05) is 11.9 Å². The van der Waals surface area contributed by atoms with E-state index in [1.165, 1.54) is 5.56 Å². The van der Waals surface area contributed by atoms with Crippen molar-refractivity contribution >= 4 is 48.6 Å². The van der Waals surface area contributed by atoms with Crippen molar-refractivity contribution in [1.29, 1.82) is 0 Å². The highest BCUT2D eigenvalue weighted by atomic mass is 79.9. The first-order valence-corrected chi connectivity index (χ1v) is 6.70. The molecule has 0 radical (unpaired) electrons. The number of halogens is 2. The molecule has 84 valence electrons. The summed E-state index contributed by atoms with van der Waals surface area (Å²) in [5.74, 6) is 0.957. The summed E-state index contributed by atoms with van der Waals surface area (Å²) >= 11 is 7.02. The molecule has 1 N–H and O–H groups in total. The standard InChI is InChI=1S/C12H12Br2N2/c1-3-15-12-7(2)4-8-5-9(13)6-10(14)11(8)16-12/h4-6H,3H2,1-2H3,(H,15,16). The average molecular weight is 344 g/mol. The first kappa shape index (κ1) is 11.9. The molecule has 0 aliphatic rings. The Morgan fingerprint density at radius 3 is 2.69 bits per heavy atom. The fourth-order valence-corrected chi connectivity index (χ4v) is 3.01. The van der Waals surface area contributed by atoms with Gasteiger partial charge in [0, 0.05) is 20.9 Å². The molecule has 0 aliphatic heterocycles. The molecule has 4 heteroatoms. The minimum absolute atomic E-state index is 0.882. The zero-order valence-corrected chi connectivity index (χ0v) is 12.3. The average Bonchev–Trinajstić information content (AvgIpc) is 2.20. The molecule has 0 atom stereocenters. The Morgan fingerprint density at radius 1 is 1.25 bits per heavy atom. The topological polar surface area (TPSA) is 24.9 Å². The SMILES string of the molecule is CCNc1nc2c(Br)cc(Br)cc2cc1C. The zero-order valence-electron chi connectivity index (χ0n) is 9.14. The van der Waals surface area contributed by atoms with Gasteiger partial charge in [-0.25, -0.2) is 4.98 Å². The lowest BCUT2D eigenvalue weighted by molar-refractivity contribution is 1.16. The lowest BCUT2D eigenvalue weighted by Gasteiger charge is -2.09. The van der Waals surface area contributed by atoms with Crippen LogP contribution in [0, 0.1) is 6.92 Å². The van der Waals surface area contributed by atoms with Gasteiger partial charge >= 0.3 is 0 Å². The molecular weight excluding hydrogens is 332 g/mol. The van der Waals surface area contributed by atoms with Crippen LogP contribution in [0.5, 0.6) is 0 Å². The number of benzene rings is 1. The summed E-state index contributed by atoms with van der Waals surface area (Å²) in [6.07, 6.45) is 0. The van der Waals surface area contributed by atoms with Gasteiger partial charge in [0.05, 0.1) is 5.52 Å². The Balaban J connectivity index is 2.69. The van der Waals surface area contributed by atoms with Crippen LogP contribution in [0.15, 0.2) is 27.1 Å². The van der Waals surface area contributed by atoms with Gasteiger partial charge in [-0.3, -0.25) is 0 Å². The maximum absolute atomic E-state index is 4.63. The van der Waals surface area contributed by atoms with E-state index < -0.39 is 0 Å². The number of anilines is 1. The van der Waals surface area contributed by atoms with Crippen LogP contribution in [0.1, 0.15) is 12.5 Å². The van der Waals surface area contributed by atoms with Crippen LogP contribution in [0.2, 0.25) is 0 Å². The number of hydrogen-bond acceptors (Lipinski definition) is 2. The quantitative estimate of drug-likeness (QED) is 0.868. The maximum Gasteiger partial charge on any atom is 0.129 e. The molecule has 0 fully saturated rings. The van der Waals surface area contributed by atoms with E-state index in [4.69, 9.17) is 0 Å². The number of hydrogen-bond donors (Lipinski definition) is 1. The molecule has 1 heterocycles. The van der Waals surface area contributed by atoms with E-state index in [-0.39, 0.29) is 0 Å². The highest BCUT2D eigenvalue weighted by Crippen LogP contribution is 2.29. The van der Waals surface area contributed by atoms with Gasteiger partial charge in [-0.15, -0.1) is 0 Å². The summed E-state index contributed by atoms with van der Waals surface area (Å²) in [5.41, 5.74) is 2.16. The highest BCUT2D eigenvalue weighted by molar-refractivity contribution is 9.11. The van der Waals surface area contributed by atoms with Crippen LogP contribution in [-0.4, -0.2) is 11.5 Å². The first-order valence-electron chi connectivity index (χ1n) is 5.12. The minimum atomic E-state index is 0.882. The van der Waals surface area contributed by atoms with Crippen molar-refractivity contribution in [2.45, 2.75) is 13.8 Å². The van der Waals surface area contributed by atoms with Crippen LogP contribution in [0.25, 0.3) is 10.9 Å². The molecule has 0 unspecified atom stereocenters. The van der Waals surface area contributed by atoms with Gasteiger partial charge in [-0.2, -0.15) is 0 Å². The lowest BCUT2D eigenvalue weighted by atomic mass is 10.1. The Kier molecular flexibility index (Phi) is 3.50. The van der Waals surface area contributed by atoms with Crippen molar-refractivity contribution in [3.8, 4) is 0 Å². The van der Waals surface area contributed by atoms with Crippen molar-refractivity contribution in [3.63, 3.8) is 0 Å². The van der Waals surface area contributed by atoms with E-state index in [9.17, 15) is 0 Å². The number of rotatable bonds is 2. The monoisotopic (exact) mass is 342 g/mol. The van der Waals surface area contributed by atoms with Gasteiger partial charge in [0.1, 0.15) is 5.82 Å². The third kappa shape index (κ3) is 2.23. The Hall–Kier alpha value is -0.610. The second kappa shape index (κ2) is 4.72. The molecule has 0 spiro atoms. The molecular formula is C12H12Br2N2. The van der Waals surface area contributed by atoms with Gasteiger partial charge < -0.3 is 5.32 Å². The fourth-order valence-electron chi connectivity index (χ4n) is 1.66. The second-order valence-electron chi connectivity index (χ2n) is 3.64. The van der Waals surface area contributed by atoms with E-state index in [1.54, 1.807) is 0 Å². The molecule has 2 rings (SSSR count). The van der Waals surface area contributed by atoms with Gasteiger partial charge in [0.15, 0.2) is 0 Å². The predicted octanol–water partition coefficient (Wildman–Crippen LogP) is 4.50. The molecule has 1 aromatic carbocycles. The van der Waals surface area contributed by atoms with Crippen molar-refractivity contribution in [3.05, 3.63) is 32.7 Å². The van der Waals surface area contributed by atoms with E-state index in [0.717, 1.165) is 32.2 Å². The van der Waals surface area contributed by atoms with Gasteiger partial charge in [0.25, 0.3) is 0 Å². The summed E-state index contributed by atoms with van der Waals surface area (Å²) in [4.78, 5) is 4.63. The van der Waals surface area contributed by atoms with Crippen molar-refractivity contribution in [2.24, 2.45) is 0 Å². The molecule has 1 aromatic heterocycles. The normalized spacial score (nSPS) is 10.8. The molecule has 0 saturated carbocycles. The molecule has 2 nitrogen and oxygen atoms in total. The third-order valence-corrected chi connectivity index (χ3v) is 3.43. The van der Waals surface area contributed by atoms with Crippen LogP contribution < -0.4 is 5.32 Å². The van der Waals surface area contributed by atoms with E-state index in [1.807, 2.05) is 6.07 Å². The largest absolute Gasteiger partial charge is 0.370 e. The third-order valence-electron chi connectivity index (χ3n) is 2.37. The lowest BCUT2D eigenvalue weighted by Crippen LogP contribution is -2.01. The van der Waals surface area contributed by atoms with E-state index in [0.29, 0.717) is 0 Å². The second-order valence-corrected chi connectivity index (χ2v) is 5.41. The molecule has 16 heavy (non-hydrogen) atoms. The summed E-state index contributed by atoms with van der Waals surface area (Å²) in [7, 11) is 0. The molecule has 2 aromatic rings. The Bertz CT molecular complexity index is 538. The summed E-state index contributed by atoms with van der Waals surface area (Å²) in [5, 5.41) is 4.41. The van der Waals surface area contributed by atoms with E-state index in [2.05, 4.69) is 68.1 Å². The molecule has 0 saturated heterocycles. The summed E-state index contributed by atoms with van der Waals surface area (Å²) in [6.45, 7) is 5.02. The number of nitrogens with zero attached hydrogens (tertiary/aromatic N) is 1. The van der Waals surface area contributed by atoms with Crippen LogP contribution >= 0.6 is 31.9 Å². The number of aryl methyl sites for hydroxylation is 1. The summed E-state index contributed by atoms with van der Waals surface area (Å²) in [6, 6.07) is 6.24. The number of aromatic nitrogens is 1. The van der Waals surface area contributed by atoms with Gasteiger partial charge in [0.2, 0.25) is 0 Å². The highest BCUT2D eigenvalue weighted by Gasteiger charge is 2.06. The van der Waals surface area contributed by atoms with Gasteiger partial charge in [-0.05, 0) is 53.5 Å². The zero-order chi connectivity index (χ0) is 11.7. The summed E-state index contributed by atoms with van der Waals surface area (Å²) < 4.78 is 2.07. The minimum Gasteiger partial charge on any atom is -0.370 e. The van der Waals surface area contributed by atoms with Gasteiger partial charge in [-0.1, -0.05) is 15.9 Å². The van der Waals surface area contributed by atoms with Crippen molar-refractivity contribution < 1.29 is 0 Å². The number of pyridine rings is 1. The van der Waals surface area contributed by atoms with Crippen LogP contribution in [0.4, 0.5) is 5.82 Å². The van der Waals surface area contributed by atoms with Crippen LogP contribution in [0.3, 0.4) is 0 Å². The maximum atomic E-state index is 4.63.